The molecule has 4 atom stereocenters. The first kappa shape index (κ1) is 16.5. The number of rotatable bonds is 3. The standard InChI is InChI=1S/C20H29NO2/c1-14-13-19(18-7-5-4-6-8-18)16(3)21(14)20(22)15(2)17-9-11-23-12-10-17/h4-8,14-17,19H,9-13H2,1-3H3/t14-,15+,16-,19-/m1/s1. The molecule has 0 N–H and O–H groups in total. The average molecular weight is 315 g/mol. The largest absolute Gasteiger partial charge is 0.381 e. The molecule has 2 aliphatic rings. The number of hydrogen-bond donors (Lipinski definition) is 0. The van der Waals surface area contributed by atoms with Gasteiger partial charge < -0.3 is 9.64 Å². The molecular formula is C20H29NO2. The number of amides is 1. The first-order chi connectivity index (χ1) is 11.1. The van der Waals surface area contributed by atoms with Crippen LogP contribution in [0.25, 0.3) is 0 Å². The van der Waals surface area contributed by atoms with Gasteiger partial charge in [0, 0.05) is 37.1 Å². The van der Waals surface area contributed by atoms with Gasteiger partial charge in [0.05, 0.1) is 0 Å². The molecule has 1 aromatic rings. The smallest absolute Gasteiger partial charge is 0.226 e. The number of nitrogens with zero attached hydrogens (tertiary/aromatic N) is 1. The van der Waals surface area contributed by atoms with E-state index >= 15 is 0 Å². The molecule has 2 heterocycles. The molecule has 0 aliphatic carbocycles. The number of hydrogen-bond acceptors (Lipinski definition) is 2. The molecule has 3 nitrogen and oxygen atoms in total. The molecule has 2 aliphatic heterocycles. The maximum atomic E-state index is 13.1. The molecule has 3 heteroatoms. The molecule has 0 saturated carbocycles. The molecule has 2 fully saturated rings. The summed E-state index contributed by atoms with van der Waals surface area (Å²) in [6.45, 7) is 8.15. The lowest BCUT2D eigenvalue weighted by Gasteiger charge is -2.34. The number of benzene rings is 1. The zero-order chi connectivity index (χ0) is 16.4. The van der Waals surface area contributed by atoms with Crippen molar-refractivity contribution in [2.75, 3.05) is 13.2 Å². The van der Waals surface area contributed by atoms with Crippen LogP contribution in [0.5, 0.6) is 0 Å². The number of ether oxygens (including phenoxy) is 1. The van der Waals surface area contributed by atoms with E-state index in [4.69, 9.17) is 4.74 Å². The molecule has 3 rings (SSSR count). The van der Waals surface area contributed by atoms with Gasteiger partial charge in [-0.15, -0.1) is 0 Å². The third kappa shape index (κ3) is 3.30. The Hall–Kier alpha value is -1.35. The Labute approximate surface area is 140 Å². The first-order valence-electron chi connectivity index (χ1n) is 9.04. The molecule has 0 unspecified atom stereocenters. The van der Waals surface area contributed by atoms with Crippen molar-refractivity contribution in [2.24, 2.45) is 11.8 Å². The van der Waals surface area contributed by atoms with Crippen LogP contribution in [-0.4, -0.2) is 36.1 Å². The second-order valence-corrected chi connectivity index (χ2v) is 7.33. The number of likely N-dealkylation sites (tertiary alicyclic amines) is 1. The van der Waals surface area contributed by atoms with Crippen molar-refractivity contribution in [3.8, 4) is 0 Å². The molecule has 0 bridgehead atoms. The quantitative estimate of drug-likeness (QED) is 0.848. The Bertz CT molecular complexity index is 524. The fraction of sp³-hybridized carbons (Fsp3) is 0.650. The Balaban J connectivity index is 1.72. The minimum Gasteiger partial charge on any atom is -0.381 e. The van der Waals surface area contributed by atoms with E-state index < -0.39 is 0 Å². The van der Waals surface area contributed by atoms with Gasteiger partial charge in [-0.2, -0.15) is 0 Å². The Kier molecular flexibility index (Phi) is 5.05. The van der Waals surface area contributed by atoms with Gasteiger partial charge in [0.1, 0.15) is 0 Å². The van der Waals surface area contributed by atoms with Gasteiger partial charge in [-0.1, -0.05) is 37.3 Å². The summed E-state index contributed by atoms with van der Waals surface area (Å²) in [5.41, 5.74) is 1.36. The van der Waals surface area contributed by atoms with Crippen LogP contribution in [-0.2, 0) is 9.53 Å². The SMILES string of the molecule is C[C@H](C(=O)N1[C@H](C)C[C@@H](c2ccccc2)[C@H]1C)C1CCOCC1. The Morgan fingerprint density at radius 1 is 1.17 bits per heavy atom. The van der Waals surface area contributed by atoms with Gasteiger partial charge in [-0.05, 0) is 44.6 Å². The minimum absolute atomic E-state index is 0.110. The van der Waals surface area contributed by atoms with Crippen LogP contribution in [0.3, 0.4) is 0 Å². The van der Waals surface area contributed by atoms with E-state index in [1.54, 1.807) is 0 Å². The van der Waals surface area contributed by atoms with Crippen molar-refractivity contribution >= 4 is 5.91 Å². The fourth-order valence-corrected chi connectivity index (χ4v) is 4.46. The molecule has 0 radical (unpaired) electrons. The van der Waals surface area contributed by atoms with Crippen molar-refractivity contribution in [1.29, 1.82) is 0 Å². The summed E-state index contributed by atoms with van der Waals surface area (Å²) < 4.78 is 5.45. The van der Waals surface area contributed by atoms with Crippen molar-refractivity contribution in [3.05, 3.63) is 35.9 Å². The summed E-state index contributed by atoms with van der Waals surface area (Å²) >= 11 is 0. The van der Waals surface area contributed by atoms with E-state index in [1.807, 2.05) is 0 Å². The van der Waals surface area contributed by atoms with Crippen molar-refractivity contribution < 1.29 is 9.53 Å². The van der Waals surface area contributed by atoms with E-state index in [1.165, 1.54) is 5.56 Å². The maximum Gasteiger partial charge on any atom is 0.226 e. The van der Waals surface area contributed by atoms with Crippen LogP contribution in [0.1, 0.15) is 51.5 Å². The normalized spacial score (nSPS) is 30.4. The molecular weight excluding hydrogens is 286 g/mol. The monoisotopic (exact) mass is 315 g/mol. The summed E-state index contributed by atoms with van der Waals surface area (Å²) in [4.78, 5) is 15.3. The highest BCUT2D eigenvalue weighted by atomic mass is 16.5. The van der Waals surface area contributed by atoms with Crippen LogP contribution >= 0.6 is 0 Å². The molecule has 2 saturated heterocycles. The molecule has 0 spiro atoms. The second-order valence-electron chi connectivity index (χ2n) is 7.33. The van der Waals surface area contributed by atoms with Crippen molar-refractivity contribution in [3.63, 3.8) is 0 Å². The lowest BCUT2D eigenvalue weighted by Crippen LogP contribution is -2.44. The van der Waals surface area contributed by atoms with Gasteiger partial charge in [0.2, 0.25) is 5.91 Å². The zero-order valence-electron chi connectivity index (χ0n) is 14.6. The van der Waals surface area contributed by atoms with Gasteiger partial charge in [0.15, 0.2) is 0 Å². The topological polar surface area (TPSA) is 29.5 Å². The van der Waals surface area contributed by atoms with Gasteiger partial charge in [-0.3, -0.25) is 4.79 Å². The fourth-order valence-electron chi connectivity index (χ4n) is 4.46. The summed E-state index contributed by atoms with van der Waals surface area (Å²) in [5.74, 6) is 1.39. The predicted molar refractivity (Wildman–Crippen MR) is 92.3 cm³/mol. The van der Waals surface area contributed by atoms with Gasteiger partial charge >= 0.3 is 0 Å². The minimum atomic E-state index is 0.110. The lowest BCUT2D eigenvalue weighted by atomic mass is 9.86. The highest BCUT2D eigenvalue weighted by Crippen LogP contribution is 2.39. The predicted octanol–water partition coefficient (Wildman–Crippen LogP) is 3.84. The third-order valence-electron chi connectivity index (χ3n) is 5.94. The number of carbonyl (C=O) groups excluding carboxylic acids is 1. The van der Waals surface area contributed by atoms with E-state index in [2.05, 4.69) is 56.0 Å². The van der Waals surface area contributed by atoms with E-state index in [9.17, 15) is 4.79 Å². The lowest BCUT2D eigenvalue weighted by molar-refractivity contribution is -0.140. The summed E-state index contributed by atoms with van der Waals surface area (Å²) in [5, 5.41) is 0. The Morgan fingerprint density at radius 3 is 2.48 bits per heavy atom. The van der Waals surface area contributed by atoms with Crippen LogP contribution in [0.4, 0.5) is 0 Å². The maximum absolute atomic E-state index is 13.1. The first-order valence-corrected chi connectivity index (χ1v) is 9.04. The third-order valence-corrected chi connectivity index (χ3v) is 5.94. The van der Waals surface area contributed by atoms with Crippen LogP contribution < -0.4 is 0 Å². The highest BCUT2D eigenvalue weighted by Gasteiger charge is 2.42. The van der Waals surface area contributed by atoms with Crippen molar-refractivity contribution in [1.82, 2.24) is 4.90 Å². The van der Waals surface area contributed by atoms with Crippen LogP contribution in [0, 0.1) is 11.8 Å². The summed E-state index contributed by atoms with van der Waals surface area (Å²) in [7, 11) is 0. The average Bonchev–Trinajstić information content (AvgIpc) is 2.89. The second kappa shape index (κ2) is 7.04. The molecule has 0 aromatic heterocycles. The zero-order valence-corrected chi connectivity index (χ0v) is 14.6. The molecule has 126 valence electrons. The van der Waals surface area contributed by atoms with E-state index in [0.29, 0.717) is 23.8 Å². The summed E-state index contributed by atoms with van der Waals surface area (Å²) in [6.07, 6.45) is 3.11. The molecule has 23 heavy (non-hydrogen) atoms. The van der Waals surface area contributed by atoms with Crippen molar-refractivity contribution in [2.45, 2.75) is 58.0 Å². The van der Waals surface area contributed by atoms with Gasteiger partial charge in [-0.25, -0.2) is 0 Å². The highest BCUT2D eigenvalue weighted by molar-refractivity contribution is 5.80. The van der Waals surface area contributed by atoms with Crippen LogP contribution in [0.15, 0.2) is 30.3 Å². The molecule has 1 aromatic carbocycles. The summed E-state index contributed by atoms with van der Waals surface area (Å²) in [6, 6.07) is 11.3. The molecule has 1 amide bonds. The van der Waals surface area contributed by atoms with E-state index in [-0.39, 0.29) is 12.0 Å². The van der Waals surface area contributed by atoms with E-state index in [0.717, 1.165) is 32.5 Å². The van der Waals surface area contributed by atoms with Gasteiger partial charge in [0.25, 0.3) is 0 Å². The Morgan fingerprint density at radius 2 is 1.83 bits per heavy atom. The van der Waals surface area contributed by atoms with Crippen LogP contribution in [0.2, 0.25) is 0 Å². The number of carbonyl (C=O) groups is 1.